The summed E-state index contributed by atoms with van der Waals surface area (Å²) >= 11 is 0. The van der Waals surface area contributed by atoms with Crippen molar-refractivity contribution in [2.24, 2.45) is 0 Å². The molecule has 1 unspecified atom stereocenters. The third-order valence-corrected chi connectivity index (χ3v) is 4.48. The van der Waals surface area contributed by atoms with E-state index in [4.69, 9.17) is 0 Å². The molecular weight excluding hydrogens is 286 g/mol. The summed E-state index contributed by atoms with van der Waals surface area (Å²) < 4.78 is 0. The Labute approximate surface area is 140 Å². The standard InChI is InChI=1S/C19H29N3O/c1-16(2)6-4-7-17(3)21-11-9-19(23)22(13-12-21)15-18-8-5-10-20-14-18/h5-6,8,10,14,17H,4,7,9,11-13,15H2,1-3H3. The van der Waals surface area contributed by atoms with Crippen molar-refractivity contribution in [3.8, 4) is 0 Å². The summed E-state index contributed by atoms with van der Waals surface area (Å²) in [6.07, 6.45) is 8.80. The van der Waals surface area contributed by atoms with Crippen LogP contribution in [0.1, 0.15) is 45.6 Å². The molecule has 1 saturated heterocycles. The number of hydrogen-bond acceptors (Lipinski definition) is 3. The fraction of sp³-hybridized carbons (Fsp3) is 0.579. The fourth-order valence-electron chi connectivity index (χ4n) is 3.00. The molecule has 1 fully saturated rings. The van der Waals surface area contributed by atoms with Crippen molar-refractivity contribution in [3.63, 3.8) is 0 Å². The van der Waals surface area contributed by atoms with Crippen LogP contribution >= 0.6 is 0 Å². The molecule has 2 rings (SSSR count). The number of pyridine rings is 1. The monoisotopic (exact) mass is 315 g/mol. The maximum atomic E-state index is 12.4. The van der Waals surface area contributed by atoms with Crippen molar-refractivity contribution in [2.75, 3.05) is 19.6 Å². The highest BCUT2D eigenvalue weighted by molar-refractivity contribution is 5.76. The van der Waals surface area contributed by atoms with Gasteiger partial charge in [-0.15, -0.1) is 0 Å². The van der Waals surface area contributed by atoms with Crippen LogP contribution in [0.3, 0.4) is 0 Å². The van der Waals surface area contributed by atoms with E-state index in [-0.39, 0.29) is 5.91 Å². The number of hydrogen-bond donors (Lipinski definition) is 0. The van der Waals surface area contributed by atoms with Gasteiger partial charge in [0, 0.05) is 51.0 Å². The minimum Gasteiger partial charge on any atom is -0.337 e. The Balaban J connectivity index is 1.87. The van der Waals surface area contributed by atoms with Gasteiger partial charge in [0.2, 0.25) is 5.91 Å². The smallest absolute Gasteiger partial charge is 0.224 e. The summed E-state index contributed by atoms with van der Waals surface area (Å²) in [6.45, 7) is 9.88. The average molecular weight is 315 g/mol. The number of carbonyl (C=O) groups is 1. The van der Waals surface area contributed by atoms with Crippen molar-refractivity contribution in [2.45, 2.75) is 52.6 Å². The van der Waals surface area contributed by atoms with Crippen molar-refractivity contribution in [1.29, 1.82) is 0 Å². The SMILES string of the molecule is CC(C)=CCCC(C)N1CCC(=O)N(Cc2cccnc2)CC1. The third kappa shape index (κ3) is 5.79. The molecule has 1 aliphatic rings. The van der Waals surface area contributed by atoms with E-state index in [1.165, 1.54) is 5.57 Å². The number of allylic oxidation sites excluding steroid dienone is 2. The molecule has 0 aromatic carbocycles. The van der Waals surface area contributed by atoms with Crippen molar-refractivity contribution in [1.82, 2.24) is 14.8 Å². The molecule has 0 aliphatic carbocycles. The molecule has 1 atom stereocenters. The zero-order chi connectivity index (χ0) is 16.7. The number of rotatable bonds is 6. The molecule has 1 aromatic rings. The van der Waals surface area contributed by atoms with Gasteiger partial charge in [-0.25, -0.2) is 0 Å². The molecule has 4 nitrogen and oxygen atoms in total. The van der Waals surface area contributed by atoms with Gasteiger partial charge in [-0.05, 0) is 45.2 Å². The van der Waals surface area contributed by atoms with E-state index >= 15 is 0 Å². The molecule has 0 bridgehead atoms. The van der Waals surface area contributed by atoms with E-state index in [2.05, 4.69) is 36.7 Å². The molecule has 1 aromatic heterocycles. The molecule has 4 heteroatoms. The van der Waals surface area contributed by atoms with E-state index in [1.54, 1.807) is 6.20 Å². The number of aromatic nitrogens is 1. The number of nitrogens with zero attached hydrogens (tertiary/aromatic N) is 3. The molecule has 126 valence electrons. The topological polar surface area (TPSA) is 36.4 Å². The second-order valence-electron chi connectivity index (χ2n) is 6.67. The predicted molar refractivity (Wildman–Crippen MR) is 94.0 cm³/mol. The molecule has 0 saturated carbocycles. The van der Waals surface area contributed by atoms with Gasteiger partial charge < -0.3 is 4.90 Å². The molecule has 2 heterocycles. The summed E-state index contributed by atoms with van der Waals surface area (Å²) in [6, 6.07) is 4.48. The maximum absolute atomic E-state index is 12.4. The number of amides is 1. The quantitative estimate of drug-likeness (QED) is 0.756. The van der Waals surface area contributed by atoms with Crippen LogP contribution in [0.5, 0.6) is 0 Å². The van der Waals surface area contributed by atoms with Gasteiger partial charge in [0.25, 0.3) is 0 Å². The second-order valence-corrected chi connectivity index (χ2v) is 6.67. The number of carbonyl (C=O) groups excluding carboxylic acids is 1. The first kappa shape index (κ1) is 17.7. The van der Waals surface area contributed by atoms with Gasteiger partial charge in [-0.3, -0.25) is 14.7 Å². The van der Waals surface area contributed by atoms with Crippen LogP contribution in [0.2, 0.25) is 0 Å². The molecule has 0 spiro atoms. The lowest BCUT2D eigenvalue weighted by Gasteiger charge is -2.27. The maximum Gasteiger partial charge on any atom is 0.224 e. The van der Waals surface area contributed by atoms with Crippen molar-refractivity contribution < 1.29 is 4.79 Å². The van der Waals surface area contributed by atoms with Gasteiger partial charge in [-0.1, -0.05) is 17.7 Å². The van der Waals surface area contributed by atoms with Gasteiger partial charge in [0.05, 0.1) is 0 Å². The Morgan fingerprint density at radius 2 is 2.17 bits per heavy atom. The van der Waals surface area contributed by atoms with E-state index in [1.807, 2.05) is 23.2 Å². The van der Waals surface area contributed by atoms with Gasteiger partial charge >= 0.3 is 0 Å². The lowest BCUT2D eigenvalue weighted by atomic mass is 10.1. The minimum atomic E-state index is 0.257. The fourth-order valence-corrected chi connectivity index (χ4v) is 3.00. The summed E-state index contributed by atoms with van der Waals surface area (Å²) in [5.74, 6) is 0.257. The van der Waals surface area contributed by atoms with Crippen molar-refractivity contribution >= 4 is 5.91 Å². The summed E-state index contributed by atoms with van der Waals surface area (Å²) in [7, 11) is 0. The Morgan fingerprint density at radius 3 is 2.87 bits per heavy atom. The van der Waals surface area contributed by atoms with E-state index in [0.29, 0.717) is 19.0 Å². The van der Waals surface area contributed by atoms with E-state index < -0.39 is 0 Å². The minimum absolute atomic E-state index is 0.257. The van der Waals surface area contributed by atoms with E-state index in [0.717, 1.165) is 38.0 Å². The van der Waals surface area contributed by atoms with Crippen molar-refractivity contribution in [3.05, 3.63) is 41.7 Å². The lowest BCUT2D eigenvalue weighted by Crippen LogP contribution is -2.37. The Bertz CT molecular complexity index is 523. The molecule has 1 amide bonds. The Morgan fingerprint density at radius 1 is 1.35 bits per heavy atom. The first-order chi connectivity index (χ1) is 11.1. The second kappa shape index (κ2) is 8.82. The largest absolute Gasteiger partial charge is 0.337 e. The molecule has 0 radical (unpaired) electrons. The highest BCUT2D eigenvalue weighted by atomic mass is 16.2. The molecule has 0 N–H and O–H groups in total. The normalized spacial score (nSPS) is 17.7. The summed E-state index contributed by atoms with van der Waals surface area (Å²) in [5, 5.41) is 0. The molecule has 23 heavy (non-hydrogen) atoms. The first-order valence-electron chi connectivity index (χ1n) is 8.60. The summed E-state index contributed by atoms with van der Waals surface area (Å²) in [4.78, 5) is 20.9. The highest BCUT2D eigenvalue weighted by Crippen LogP contribution is 2.14. The van der Waals surface area contributed by atoms with Crippen LogP contribution in [0, 0.1) is 0 Å². The van der Waals surface area contributed by atoms with Gasteiger partial charge in [0.1, 0.15) is 0 Å². The first-order valence-corrected chi connectivity index (χ1v) is 8.60. The average Bonchev–Trinajstić information content (AvgIpc) is 2.71. The third-order valence-electron chi connectivity index (χ3n) is 4.48. The van der Waals surface area contributed by atoms with Crippen LogP contribution in [-0.4, -0.2) is 46.4 Å². The zero-order valence-electron chi connectivity index (χ0n) is 14.7. The van der Waals surface area contributed by atoms with Gasteiger partial charge in [-0.2, -0.15) is 0 Å². The highest BCUT2D eigenvalue weighted by Gasteiger charge is 2.23. The Kier molecular flexibility index (Phi) is 6.78. The predicted octanol–water partition coefficient (Wildman–Crippen LogP) is 3.25. The van der Waals surface area contributed by atoms with Crippen LogP contribution in [0.25, 0.3) is 0 Å². The lowest BCUT2D eigenvalue weighted by molar-refractivity contribution is -0.130. The molecular formula is C19H29N3O. The Hall–Kier alpha value is -1.68. The zero-order valence-corrected chi connectivity index (χ0v) is 14.7. The van der Waals surface area contributed by atoms with Crippen LogP contribution < -0.4 is 0 Å². The summed E-state index contributed by atoms with van der Waals surface area (Å²) in [5.41, 5.74) is 2.48. The van der Waals surface area contributed by atoms with E-state index in [9.17, 15) is 4.79 Å². The van der Waals surface area contributed by atoms with Crippen LogP contribution in [-0.2, 0) is 11.3 Å². The van der Waals surface area contributed by atoms with Crippen LogP contribution in [0.15, 0.2) is 36.2 Å². The van der Waals surface area contributed by atoms with Gasteiger partial charge in [0.15, 0.2) is 0 Å². The molecule has 1 aliphatic heterocycles. The van der Waals surface area contributed by atoms with Crippen LogP contribution in [0.4, 0.5) is 0 Å².